The van der Waals surface area contributed by atoms with Gasteiger partial charge in [0.1, 0.15) is 0 Å². The topological polar surface area (TPSA) is 96.6 Å². The number of imide groups is 1. The number of hydrogen-bond acceptors (Lipinski definition) is 6. The molecule has 152 valence electrons. The van der Waals surface area contributed by atoms with Crippen LogP contribution in [0.2, 0.25) is 0 Å². The van der Waals surface area contributed by atoms with Crippen LogP contribution in [0.5, 0.6) is 0 Å². The third-order valence-electron chi connectivity index (χ3n) is 4.97. The van der Waals surface area contributed by atoms with Gasteiger partial charge >= 0.3 is 0 Å². The summed E-state index contributed by atoms with van der Waals surface area (Å²) in [6.07, 6.45) is 0.0147. The summed E-state index contributed by atoms with van der Waals surface area (Å²) in [5.74, 6) is -0.206. The molecule has 0 spiro atoms. The van der Waals surface area contributed by atoms with E-state index >= 15 is 0 Å². The number of hydrogen-bond donors (Lipinski definition) is 0. The first-order chi connectivity index (χ1) is 14.4. The van der Waals surface area contributed by atoms with Crippen LogP contribution in [0.15, 0.2) is 53.1 Å². The van der Waals surface area contributed by atoms with E-state index in [-0.39, 0.29) is 37.2 Å². The Morgan fingerprint density at radius 1 is 1.07 bits per heavy atom. The monoisotopic (exact) mass is 404 g/mol. The zero-order chi connectivity index (χ0) is 21.3. The number of rotatable bonds is 6. The number of carbonyl (C=O) groups excluding carboxylic acids is 3. The molecule has 2 heterocycles. The highest BCUT2D eigenvalue weighted by molar-refractivity contribution is 6.21. The average molecular weight is 404 g/mol. The number of benzene rings is 2. The molecule has 4 rings (SSSR count). The number of carbonyl (C=O) groups is 3. The molecular weight excluding hydrogens is 384 g/mol. The zero-order valence-corrected chi connectivity index (χ0v) is 16.7. The fourth-order valence-electron chi connectivity index (χ4n) is 3.35. The van der Waals surface area contributed by atoms with Gasteiger partial charge in [-0.05, 0) is 25.1 Å². The van der Waals surface area contributed by atoms with Gasteiger partial charge in [-0.15, -0.1) is 0 Å². The molecule has 0 N–H and O–H groups in total. The van der Waals surface area contributed by atoms with E-state index in [9.17, 15) is 14.4 Å². The van der Waals surface area contributed by atoms with Crippen LogP contribution >= 0.6 is 0 Å². The van der Waals surface area contributed by atoms with Crippen molar-refractivity contribution in [3.63, 3.8) is 0 Å². The Hall–Kier alpha value is -3.81. The van der Waals surface area contributed by atoms with Crippen LogP contribution in [-0.4, -0.2) is 51.3 Å². The van der Waals surface area contributed by atoms with Gasteiger partial charge in [-0.1, -0.05) is 41.1 Å². The molecule has 0 radical (unpaired) electrons. The lowest BCUT2D eigenvalue weighted by atomic mass is 10.1. The second-order valence-corrected chi connectivity index (χ2v) is 7.19. The van der Waals surface area contributed by atoms with Crippen LogP contribution in [0.1, 0.15) is 38.6 Å². The Balaban J connectivity index is 1.35. The predicted octanol–water partition coefficient (Wildman–Crippen LogP) is 2.69. The van der Waals surface area contributed by atoms with E-state index in [1.807, 2.05) is 31.2 Å². The van der Waals surface area contributed by atoms with E-state index in [0.29, 0.717) is 22.8 Å². The van der Waals surface area contributed by atoms with E-state index in [4.69, 9.17) is 4.52 Å². The van der Waals surface area contributed by atoms with Crippen molar-refractivity contribution < 1.29 is 18.9 Å². The quantitative estimate of drug-likeness (QED) is 0.586. The van der Waals surface area contributed by atoms with Gasteiger partial charge in [0.05, 0.1) is 17.7 Å². The van der Waals surface area contributed by atoms with Gasteiger partial charge in [-0.25, -0.2) is 0 Å². The molecule has 0 saturated heterocycles. The van der Waals surface area contributed by atoms with Crippen LogP contribution < -0.4 is 0 Å². The summed E-state index contributed by atoms with van der Waals surface area (Å²) >= 11 is 0. The summed E-state index contributed by atoms with van der Waals surface area (Å²) in [5, 5.41) is 3.97. The molecule has 0 fully saturated rings. The first kappa shape index (κ1) is 19.5. The molecule has 3 aromatic rings. The number of fused-ring (bicyclic) bond motifs is 1. The van der Waals surface area contributed by atoms with E-state index in [1.54, 1.807) is 31.3 Å². The molecule has 8 nitrogen and oxygen atoms in total. The van der Waals surface area contributed by atoms with Gasteiger partial charge in [0.15, 0.2) is 0 Å². The van der Waals surface area contributed by atoms with Gasteiger partial charge < -0.3 is 9.42 Å². The van der Waals surface area contributed by atoms with E-state index in [2.05, 4.69) is 10.1 Å². The molecule has 2 aromatic carbocycles. The standard InChI is InChI=1S/C22H20N4O4/c1-14-6-5-7-15(12-14)20-23-18(30-24-20)13-25(2)19(27)10-11-26-21(28)16-8-3-4-9-17(16)22(26)29/h3-9,12H,10-11,13H2,1-2H3. The van der Waals surface area contributed by atoms with Crippen molar-refractivity contribution in [2.75, 3.05) is 13.6 Å². The Bertz CT molecular complexity index is 1100. The maximum Gasteiger partial charge on any atom is 0.261 e. The van der Waals surface area contributed by atoms with Gasteiger partial charge in [-0.3, -0.25) is 19.3 Å². The lowest BCUT2D eigenvalue weighted by Crippen LogP contribution is -2.35. The van der Waals surface area contributed by atoms with Crippen LogP contribution in [-0.2, 0) is 11.3 Å². The third kappa shape index (κ3) is 3.71. The molecule has 8 heteroatoms. The minimum Gasteiger partial charge on any atom is -0.337 e. The maximum absolute atomic E-state index is 12.5. The van der Waals surface area contributed by atoms with E-state index < -0.39 is 0 Å². The number of amides is 3. The minimum absolute atomic E-state index is 0.0147. The first-order valence-electron chi connectivity index (χ1n) is 9.53. The largest absolute Gasteiger partial charge is 0.337 e. The van der Waals surface area contributed by atoms with Gasteiger partial charge in [0.25, 0.3) is 11.8 Å². The lowest BCUT2D eigenvalue weighted by molar-refractivity contribution is -0.130. The summed E-state index contributed by atoms with van der Waals surface area (Å²) in [6, 6.07) is 14.4. The Kier molecular flexibility index (Phi) is 5.14. The van der Waals surface area contributed by atoms with Crippen molar-refractivity contribution in [1.82, 2.24) is 19.9 Å². The van der Waals surface area contributed by atoms with E-state index in [0.717, 1.165) is 16.0 Å². The molecule has 1 aromatic heterocycles. The average Bonchev–Trinajstić information content (AvgIpc) is 3.30. The molecule has 0 atom stereocenters. The first-order valence-corrected chi connectivity index (χ1v) is 9.53. The number of aryl methyl sites for hydroxylation is 1. The second-order valence-electron chi connectivity index (χ2n) is 7.19. The predicted molar refractivity (Wildman–Crippen MR) is 107 cm³/mol. The van der Waals surface area contributed by atoms with Crippen LogP contribution in [0, 0.1) is 6.92 Å². The number of nitrogens with zero attached hydrogens (tertiary/aromatic N) is 4. The summed E-state index contributed by atoms with van der Waals surface area (Å²) in [7, 11) is 1.61. The van der Waals surface area contributed by atoms with Crippen molar-refractivity contribution in [3.05, 3.63) is 71.1 Å². The molecule has 1 aliphatic heterocycles. The van der Waals surface area contributed by atoms with Crippen LogP contribution in [0.3, 0.4) is 0 Å². The van der Waals surface area contributed by atoms with Gasteiger partial charge in [-0.2, -0.15) is 4.98 Å². The summed E-state index contributed by atoms with van der Waals surface area (Å²) in [4.78, 5) is 44.2. The van der Waals surface area contributed by atoms with Crippen molar-refractivity contribution in [3.8, 4) is 11.4 Å². The molecule has 0 unspecified atom stereocenters. The van der Waals surface area contributed by atoms with Crippen LogP contribution in [0.4, 0.5) is 0 Å². The normalized spacial score (nSPS) is 12.9. The van der Waals surface area contributed by atoms with Crippen molar-refractivity contribution in [2.24, 2.45) is 0 Å². The van der Waals surface area contributed by atoms with E-state index in [1.165, 1.54) is 4.90 Å². The Labute approximate surface area is 173 Å². The lowest BCUT2D eigenvalue weighted by Gasteiger charge is -2.17. The maximum atomic E-state index is 12.5. The highest BCUT2D eigenvalue weighted by atomic mass is 16.5. The van der Waals surface area contributed by atoms with Crippen molar-refractivity contribution in [2.45, 2.75) is 19.9 Å². The SMILES string of the molecule is Cc1cccc(-c2noc(CN(C)C(=O)CCN3C(=O)c4ccccc4C3=O)n2)c1. The third-order valence-corrected chi connectivity index (χ3v) is 4.97. The number of aromatic nitrogens is 2. The molecule has 1 aliphatic rings. The molecule has 0 saturated carbocycles. The molecular formula is C22H20N4O4. The fraction of sp³-hybridized carbons (Fsp3) is 0.227. The van der Waals surface area contributed by atoms with Crippen LogP contribution in [0.25, 0.3) is 11.4 Å². The minimum atomic E-state index is -0.370. The van der Waals surface area contributed by atoms with Gasteiger partial charge in [0.2, 0.25) is 17.6 Å². The molecule has 0 bridgehead atoms. The summed E-state index contributed by atoms with van der Waals surface area (Å²) in [5.41, 5.74) is 2.67. The molecule has 30 heavy (non-hydrogen) atoms. The molecule has 3 amide bonds. The zero-order valence-electron chi connectivity index (χ0n) is 16.7. The highest BCUT2D eigenvalue weighted by Crippen LogP contribution is 2.22. The Morgan fingerprint density at radius 3 is 2.43 bits per heavy atom. The van der Waals surface area contributed by atoms with Gasteiger partial charge in [0, 0.05) is 25.6 Å². The summed E-state index contributed by atoms with van der Waals surface area (Å²) in [6.45, 7) is 2.14. The highest BCUT2D eigenvalue weighted by Gasteiger charge is 2.35. The second kappa shape index (κ2) is 7.90. The van der Waals surface area contributed by atoms with Crippen molar-refractivity contribution >= 4 is 17.7 Å². The smallest absolute Gasteiger partial charge is 0.261 e. The summed E-state index contributed by atoms with van der Waals surface area (Å²) < 4.78 is 5.26. The van der Waals surface area contributed by atoms with Crippen molar-refractivity contribution in [1.29, 1.82) is 0 Å². The Morgan fingerprint density at radius 2 is 1.77 bits per heavy atom. The molecule has 0 aliphatic carbocycles. The fourth-order valence-corrected chi connectivity index (χ4v) is 3.35.